The maximum atomic E-state index is 8.76. The Kier molecular flexibility index (Phi) is 1.60. The van der Waals surface area contributed by atoms with Crippen molar-refractivity contribution in [3.8, 4) is 17.4 Å². The molecule has 0 amide bonds. The number of hydrogen-bond acceptors (Lipinski definition) is 3. The predicted octanol–water partition coefficient (Wildman–Crippen LogP) is 1.74. The van der Waals surface area contributed by atoms with E-state index in [0.29, 0.717) is 16.9 Å². The molecule has 1 heterocycles. The minimum Gasteiger partial charge on any atom is -0.438 e. The molecule has 1 aliphatic heterocycles. The highest BCUT2D eigenvalue weighted by atomic mass is 16.3. The van der Waals surface area contributed by atoms with Crippen molar-refractivity contribution in [1.82, 2.24) is 0 Å². The highest BCUT2D eigenvalue weighted by Crippen LogP contribution is 2.21. The van der Waals surface area contributed by atoms with E-state index in [2.05, 4.69) is 0 Å². The minimum absolute atomic E-state index is 0.0660. The minimum atomic E-state index is -0.0660. The lowest BCUT2D eigenvalue weighted by Crippen LogP contribution is -1.95. The van der Waals surface area contributed by atoms with Gasteiger partial charge >= 0.3 is 0 Å². The summed E-state index contributed by atoms with van der Waals surface area (Å²) in [5.74, 6) is 0.576. The van der Waals surface area contributed by atoms with Crippen molar-refractivity contribution in [1.29, 1.82) is 10.7 Å². The van der Waals surface area contributed by atoms with E-state index in [0.717, 1.165) is 0 Å². The van der Waals surface area contributed by atoms with Crippen molar-refractivity contribution < 1.29 is 4.42 Å². The molecule has 13 heavy (non-hydrogen) atoms. The molecule has 0 aromatic rings. The maximum Gasteiger partial charge on any atom is 0.230 e. The van der Waals surface area contributed by atoms with Gasteiger partial charge < -0.3 is 4.42 Å². The van der Waals surface area contributed by atoms with Crippen LogP contribution in [0.25, 0.3) is 11.3 Å². The molecule has 1 N–H and O–H groups in total. The number of nitriles is 1. The summed E-state index contributed by atoms with van der Waals surface area (Å²) in [7, 11) is 0. The maximum absolute atomic E-state index is 8.76. The van der Waals surface area contributed by atoms with E-state index in [9.17, 15) is 0 Å². The first-order valence-corrected chi connectivity index (χ1v) is 3.79. The van der Waals surface area contributed by atoms with Crippen molar-refractivity contribution in [2.45, 2.75) is 0 Å². The fourth-order valence-corrected chi connectivity index (χ4v) is 1.22. The van der Waals surface area contributed by atoms with Crippen LogP contribution in [0.3, 0.4) is 0 Å². The van der Waals surface area contributed by atoms with Crippen molar-refractivity contribution >= 4 is 0 Å². The van der Waals surface area contributed by atoms with Gasteiger partial charge in [0.25, 0.3) is 0 Å². The SMILES string of the molecule is N#Cc1c2cccccc-2oc1=N. The number of nitrogens with one attached hydrogen (secondary N) is 1. The van der Waals surface area contributed by atoms with Crippen LogP contribution in [0.5, 0.6) is 0 Å². The van der Waals surface area contributed by atoms with E-state index in [1.54, 1.807) is 12.1 Å². The summed E-state index contributed by atoms with van der Waals surface area (Å²) in [6.45, 7) is 0. The highest BCUT2D eigenvalue weighted by Gasteiger charge is 2.12. The third kappa shape index (κ3) is 1.09. The fourth-order valence-electron chi connectivity index (χ4n) is 1.22. The molecule has 0 fully saturated rings. The first-order chi connectivity index (χ1) is 6.33. The quantitative estimate of drug-likeness (QED) is 0.654. The first kappa shape index (κ1) is 7.56. The molecule has 0 bridgehead atoms. The van der Waals surface area contributed by atoms with Gasteiger partial charge in [-0.15, -0.1) is 0 Å². The molecule has 2 rings (SSSR count). The predicted molar refractivity (Wildman–Crippen MR) is 45.9 cm³/mol. The van der Waals surface area contributed by atoms with E-state index in [1.165, 1.54) is 0 Å². The van der Waals surface area contributed by atoms with Crippen LogP contribution in [0.4, 0.5) is 0 Å². The van der Waals surface area contributed by atoms with Gasteiger partial charge in [0.1, 0.15) is 17.4 Å². The molecule has 0 radical (unpaired) electrons. The molecule has 3 nitrogen and oxygen atoms in total. The Morgan fingerprint density at radius 3 is 2.77 bits per heavy atom. The Morgan fingerprint density at radius 2 is 2.00 bits per heavy atom. The monoisotopic (exact) mass is 170 g/mol. The summed E-state index contributed by atoms with van der Waals surface area (Å²) in [4.78, 5) is 0. The molecule has 3 heteroatoms. The van der Waals surface area contributed by atoms with Gasteiger partial charge in [-0.3, -0.25) is 5.41 Å². The molecule has 0 unspecified atom stereocenters. The zero-order valence-corrected chi connectivity index (χ0v) is 6.74. The van der Waals surface area contributed by atoms with E-state index in [1.807, 2.05) is 24.3 Å². The summed E-state index contributed by atoms with van der Waals surface area (Å²) < 4.78 is 5.09. The first-order valence-electron chi connectivity index (χ1n) is 3.79. The van der Waals surface area contributed by atoms with Gasteiger partial charge in [0.2, 0.25) is 5.55 Å². The van der Waals surface area contributed by atoms with Gasteiger partial charge in [-0.2, -0.15) is 5.26 Å². The van der Waals surface area contributed by atoms with Gasteiger partial charge in [-0.25, -0.2) is 0 Å². The lowest BCUT2D eigenvalue weighted by molar-refractivity contribution is 0.518. The molecule has 0 spiro atoms. The second-order valence-electron chi connectivity index (χ2n) is 2.61. The molecular formula is C10H6N2O. The van der Waals surface area contributed by atoms with Crippen LogP contribution in [0.2, 0.25) is 0 Å². The Balaban J connectivity index is 2.89. The molecule has 0 atom stereocenters. The van der Waals surface area contributed by atoms with Crippen LogP contribution in [0.15, 0.2) is 34.7 Å². The highest BCUT2D eigenvalue weighted by molar-refractivity contribution is 5.66. The Labute approximate surface area is 74.7 Å². The molecule has 0 saturated carbocycles. The second-order valence-corrected chi connectivity index (χ2v) is 2.61. The van der Waals surface area contributed by atoms with Gasteiger partial charge in [0.15, 0.2) is 0 Å². The number of nitrogens with zero attached hydrogens (tertiary/aromatic N) is 1. The molecule has 0 aromatic heterocycles. The van der Waals surface area contributed by atoms with Crippen LogP contribution in [0, 0.1) is 16.7 Å². The van der Waals surface area contributed by atoms with E-state index < -0.39 is 0 Å². The summed E-state index contributed by atoms with van der Waals surface area (Å²) in [6.07, 6.45) is 0. The summed E-state index contributed by atoms with van der Waals surface area (Å²) in [5, 5.41) is 16.1. The molecule has 0 saturated heterocycles. The van der Waals surface area contributed by atoms with E-state index >= 15 is 0 Å². The zero-order valence-electron chi connectivity index (χ0n) is 6.74. The Hall–Kier alpha value is -2.08. The topological polar surface area (TPSA) is 60.8 Å². The molecule has 1 aliphatic carbocycles. The third-order valence-electron chi connectivity index (χ3n) is 1.82. The van der Waals surface area contributed by atoms with Crippen LogP contribution in [0.1, 0.15) is 5.56 Å². The van der Waals surface area contributed by atoms with Gasteiger partial charge in [0, 0.05) is 5.56 Å². The Bertz CT molecular complexity index is 507. The van der Waals surface area contributed by atoms with Gasteiger partial charge in [-0.1, -0.05) is 18.2 Å². The lowest BCUT2D eigenvalue weighted by atomic mass is 10.1. The average Bonchev–Trinajstić information content (AvgIpc) is 2.32. The lowest BCUT2D eigenvalue weighted by Gasteiger charge is -1.85. The summed E-state index contributed by atoms with van der Waals surface area (Å²) in [5.41, 5.74) is 0.924. The summed E-state index contributed by atoms with van der Waals surface area (Å²) >= 11 is 0. The van der Waals surface area contributed by atoms with Crippen molar-refractivity contribution in [3.05, 3.63) is 41.4 Å². The fraction of sp³-hybridized carbons (Fsp3) is 0. The van der Waals surface area contributed by atoms with Crippen molar-refractivity contribution in [2.24, 2.45) is 0 Å². The summed E-state index contributed by atoms with van der Waals surface area (Å²) in [6, 6.07) is 10.9. The van der Waals surface area contributed by atoms with Gasteiger partial charge in [0.05, 0.1) is 0 Å². The van der Waals surface area contributed by atoms with Crippen LogP contribution >= 0.6 is 0 Å². The number of furan rings is 1. The second kappa shape index (κ2) is 2.76. The molecular weight excluding hydrogens is 164 g/mol. The molecule has 2 aliphatic rings. The van der Waals surface area contributed by atoms with Crippen molar-refractivity contribution in [3.63, 3.8) is 0 Å². The van der Waals surface area contributed by atoms with E-state index in [4.69, 9.17) is 15.1 Å². The largest absolute Gasteiger partial charge is 0.438 e. The smallest absolute Gasteiger partial charge is 0.230 e. The number of fused-ring (bicyclic) bond motifs is 1. The average molecular weight is 170 g/mol. The number of rotatable bonds is 0. The van der Waals surface area contributed by atoms with Crippen LogP contribution < -0.4 is 5.55 Å². The van der Waals surface area contributed by atoms with Gasteiger partial charge in [-0.05, 0) is 12.1 Å². The molecule has 62 valence electrons. The normalized spacial score (nSPS) is 9.77. The third-order valence-corrected chi connectivity index (χ3v) is 1.82. The van der Waals surface area contributed by atoms with Crippen molar-refractivity contribution in [2.75, 3.05) is 0 Å². The number of hydrogen-bond donors (Lipinski definition) is 1. The standard InChI is InChI=1S/C10H6N2O/c11-6-8-7-4-2-1-3-5-9(7)13-10(8)12/h1-5,12H. The van der Waals surface area contributed by atoms with Crippen LogP contribution in [-0.4, -0.2) is 0 Å². The Morgan fingerprint density at radius 1 is 1.23 bits per heavy atom. The zero-order chi connectivity index (χ0) is 9.26. The molecule has 0 aromatic carbocycles. The van der Waals surface area contributed by atoms with E-state index in [-0.39, 0.29) is 5.55 Å². The van der Waals surface area contributed by atoms with Crippen LogP contribution in [-0.2, 0) is 0 Å².